The highest BCUT2D eigenvalue weighted by atomic mass is 19.1. The minimum atomic E-state index is -0.863. The van der Waals surface area contributed by atoms with E-state index in [0.29, 0.717) is 0 Å². The van der Waals surface area contributed by atoms with Crippen LogP contribution in [0.3, 0.4) is 0 Å². The van der Waals surface area contributed by atoms with Crippen molar-refractivity contribution < 1.29 is 14.3 Å². The van der Waals surface area contributed by atoms with Crippen molar-refractivity contribution in [2.24, 2.45) is 0 Å². The Morgan fingerprint density at radius 2 is 2.16 bits per heavy atom. The minimum absolute atomic E-state index is 0.220. The first-order chi connectivity index (χ1) is 8.74. The van der Waals surface area contributed by atoms with Crippen molar-refractivity contribution in [1.82, 2.24) is 0 Å². The third-order valence-corrected chi connectivity index (χ3v) is 3.98. The number of benzene rings is 1. The Hall–Kier alpha value is -1.58. The fourth-order valence-electron chi connectivity index (χ4n) is 3.27. The summed E-state index contributed by atoms with van der Waals surface area (Å²) in [5.41, 5.74) is 1.47. The van der Waals surface area contributed by atoms with Gasteiger partial charge in [-0.25, -0.2) is 9.18 Å². The van der Waals surface area contributed by atoms with E-state index in [1.54, 1.807) is 13.0 Å². The van der Waals surface area contributed by atoms with Crippen LogP contribution in [0.2, 0.25) is 0 Å². The van der Waals surface area contributed by atoms with E-state index in [2.05, 4.69) is 6.92 Å². The first kappa shape index (κ1) is 13.8. The zero-order valence-electron chi connectivity index (χ0n) is 11.8. The molecule has 0 amide bonds. The standard InChI is InChI=1S/C15H20FNO2/c1-9-8-15(3,4)17(10(2)14(18)19)13-6-5-11(16)7-12(9)13/h5-7,9-10H,8H2,1-4H3,(H,18,19)/t9-,10+/m1/s1. The molecule has 2 rings (SSSR count). The summed E-state index contributed by atoms with van der Waals surface area (Å²) >= 11 is 0. The Balaban J connectivity index is 2.58. The summed E-state index contributed by atoms with van der Waals surface area (Å²) in [4.78, 5) is 13.2. The number of nitrogens with zero attached hydrogens (tertiary/aromatic N) is 1. The molecular weight excluding hydrogens is 245 g/mol. The first-order valence-corrected chi connectivity index (χ1v) is 6.55. The molecule has 1 aliphatic rings. The van der Waals surface area contributed by atoms with Gasteiger partial charge in [-0.15, -0.1) is 0 Å². The number of carbonyl (C=O) groups is 1. The molecule has 0 aliphatic carbocycles. The Bertz CT molecular complexity index is 513. The van der Waals surface area contributed by atoms with Gasteiger partial charge < -0.3 is 10.0 Å². The first-order valence-electron chi connectivity index (χ1n) is 6.55. The molecule has 0 bridgehead atoms. The molecule has 0 saturated carbocycles. The number of hydrogen-bond donors (Lipinski definition) is 1. The molecule has 19 heavy (non-hydrogen) atoms. The zero-order valence-corrected chi connectivity index (χ0v) is 11.8. The van der Waals surface area contributed by atoms with E-state index < -0.39 is 12.0 Å². The van der Waals surface area contributed by atoms with Crippen LogP contribution in [-0.2, 0) is 4.79 Å². The molecule has 0 unspecified atom stereocenters. The molecule has 4 heteroatoms. The molecule has 1 aromatic rings. The summed E-state index contributed by atoms with van der Waals surface area (Å²) in [5, 5.41) is 9.30. The smallest absolute Gasteiger partial charge is 0.326 e. The van der Waals surface area contributed by atoms with Gasteiger partial charge in [-0.1, -0.05) is 6.92 Å². The molecule has 1 aromatic carbocycles. The number of rotatable bonds is 2. The molecule has 1 N–H and O–H groups in total. The summed E-state index contributed by atoms with van der Waals surface area (Å²) in [6.45, 7) is 7.81. The van der Waals surface area contributed by atoms with E-state index in [1.165, 1.54) is 12.1 Å². The summed E-state index contributed by atoms with van der Waals surface area (Å²) in [6.07, 6.45) is 0.807. The number of hydrogen-bond acceptors (Lipinski definition) is 2. The largest absolute Gasteiger partial charge is 0.480 e. The predicted octanol–water partition coefficient (Wildman–Crippen LogP) is 3.39. The van der Waals surface area contributed by atoms with E-state index in [1.807, 2.05) is 18.7 Å². The van der Waals surface area contributed by atoms with Gasteiger partial charge in [0.05, 0.1) is 0 Å². The summed E-state index contributed by atoms with van der Waals surface area (Å²) < 4.78 is 13.4. The SMILES string of the molecule is C[C@@H]1CC(C)(C)N([C@@H](C)C(=O)O)c2ccc(F)cc21. The second kappa shape index (κ2) is 4.51. The fourth-order valence-corrected chi connectivity index (χ4v) is 3.27. The molecule has 2 atom stereocenters. The van der Waals surface area contributed by atoms with Crippen LogP contribution in [0.4, 0.5) is 10.1 Å². The second-order valence-electron chi connectivity index (χ2n) is 6.00. The highest BCUT2D eigenvalue weighted by molar-refractivity contribution is 5.79. The van der Waals surface area contributed by atoms with Crippen LogP contribution in [0.1, 0.15) is 45.6 Å². The Labute approximate surface area is 113 Å². The van der Waals surface area contributed by atoms with Crippen LogP contribution < -0.4 is 4.90 Å². The minimum Gasteiger partial charge on any atom is -0.480 e. The molecular formula is C15H20FNO2. The average molecular weight is 265 g/mol. The van der Waals surface area contributed by atoms with Gasteiger partial charge in [-0.3, -0.25) is 0 Å². The van der Waals surface area contributed by atoms with Crippen LogP contribution in [0.5, 0.6) is 0 Å². The van der Waals surface area contributed by atoms with E-state index >= 15 is 0 Å². The average Bonchev–Trinajstić information content (AvgIpc) is 2.28. The van der Waals surface area contributed by atoms with E-state index in [4.69, 9.17) is 0 Å². The van der Waals surface area contributed by atoms with Crippen molar-refractivity contribution in [2.45, 2.75) is 51.6 Å². The summed E-state index contributed by atoms with van der Waals surface area (Å²) in [7, 11) is 0. The van der Waals surface area contributed by atoms with Gasteiger partial charge in [0.25, 0.3) is 0 Å². The van der Waals surface area contributed by atoms with Gasteiger partial charge in [0.15, 0.2) is 0 Å². The number of anilines is 1. The lowest BCUT2D eigenvalue weighted by Gasteiger charge is -2.49. The van der Waals surface area contributed by atoms with Crippen molar-refractivity contribution in [1.29, 1.82) is 0 Å². The molecule has 3 nitrogen and oxygen atoms in total. The van der Waals surface area contributed by atoms with Gasteiger partial charge in [0.2, 0.25) is 0 Å². The lowest BCUT2D eigenvalue weighted by Crippen LogP contribution is -2.55. The van der Waals surface area contributed by atoms with Crippen LogP contribution in [-0.4, -0.2) is 22.7 Å². The maximum Gasteiger partial charge on any atom is 0.326 e. The van der Waals surface area contributed by atoms with E-state index in [9.17, 15) is 14.3 Å². The molecule has 1 heterocycles. The Morgan fingerprint density at radius 1 is 1.53 bits per heavy atom. The number of carboxylic acids is 1. The summed E-state index contributed by atoms with van der Waals surface area (Å²) in [6, 6.07) is 3.99. The third kappa shape index (κ3) is 2.31. The van der Waals surface area contributed by atoms with E-state index in [0.717, 1.165) is 17.7 Å². The van der Waals surface area contributed by atoms with Crippen molar-refractivity contribution in [3.05, 3.63) is 29.6 Å². The lowest BCUT2D eigenvalue weighted by atomic mass is 9.79. The normalized spacial score (nSPS) is 22.8. The van der Waals surface area contributed by atoms with Crippen molar-refractivity contribution >= 4 is 11.7 Å². The third-order valence-electron chi connectivity index (χ3n) is 3.98. The van der Waals surface area contributed by atoms with Crippen molar-refractivity contribution in [3.8, 4) is 0 Å². The molecule has 0 radical (unpaired) electrons. The maximum atomic E-state index is 13.4. The number of carboxylic acid groups (broad SMARTS) is 1. The quantitative estimate of drug-likeness (QED) is 0.891. The highest BCUT2D eigenvalue weighted by Gasteiger charge is 2.40. The Morgan fingerprint density at radius 3 is 2.74 bits per heavy atom. The predicted molar refractivity (Wildman–Crippen MR) is 73.1 cm³/mol. The van der Waals surface area contributed by atoms with Crippen LogP contribution >= 0.6 is 0 Å². The van der Waals surface area contributed by atoms with E-state index in [-0.39, 0.29) is 17.3 Å². The van der Waals surface area contributed by atoms with Gasteiger partial charge in [-0.2, -0.15) is 0 Å². The van der Waals surface area contributed by atoms with Crippen LogP contribution in [0.25, 0.3) is 0 Å². The number of aliphatic carboxylic acids is 1. The molecule has 104 valence electrons. The van der Waals surface area contributed by atoms with Crippen molar-refractivity contribution in [3.63, 3.8) is 0 Å². The van der Waals surface area contributed by atoms with Gasteiger partial charge in [-0.05, 0) is 56.9 Å². The lowest BCUT2D eigenvalue weighted by molar-refractivity contribution is -0.138. The zero-order chi connectivity index (χ0) is 14.4. The highest BCUT2D eigenvalue weighted by Crippen LogP contribution is 2.44. The fraction of sp³-hybridized carbons (Fsp3) is 0.533. The molecule has 0 fully saturated rings. The number of halogens is 1. The topological polar surface area (TPSA) is 40.5 Å². The maximum absolute atomic E-state index is 13.4. The van der Waals surface area contributed by atoms with Gasteiger partial charge in [0.1, 0.15) is 11.9 Å². The number of fused-ring (bicyclic) bond motifs is 1. The monoisotopic (exact) mass is 265 g/mol. The molecule has 0 aromatic heterocycles. The van der Waals surface area contributed by atoms with Crippen LogP contribution in [0.15, 0.2) is 18.2 Å². The Kier molecular flexibility index (Phi) is 3.29. The van der Waals surface area contributed by atoms with Crippen molar-refractivity contribution in [2.75, 3.05) is 4.90 Å². The molecule has 0 spiro atoms. The molecule has 1 aliphatic heterocycles. The van der Waals surface area contributed by atoms with Gasteiger partial charge in [0, 0.05) is 11.2 Å². The summed E-state index contributed by atoms with van der Waals surface area (Å²) in [5.74, 6) is -0.913. The van der Waals surface area contributed by atoms with Gasteiger partial charge >= 0.3 is 5.97 Å². The molecule has 0 saturated heterocycles. The van der Waals surface area contributed by atoms with Crippen LogP contribution in [0, 0.1) is 5.82 Å². The second-order valence-corrected chi connectivity index (χ2v) is 6.00.